The number of hydrogen-bond donors (Lipinski definition) is 1. The van der Waals surface area contributed by atoms with Crippen LogP contribution in [0.1, 0.15) is 0 Å². The smallest absolute Gasteiger partial charge is 0.154 e. The van der Waals surface area contributed by atoms with Gasteiger partial charge in [-0.25, -0.2) is 0 Å². The highest BCUT2D eigenvalue weighted by Gasteiger charge is 1.27. The summed E-state index contributed by atoms with van der Waals surface area (Å²) in [7, 11) is 0. The van der Waals surface area contributed by atoms with Crippen molar-refractivity contribution in [2.75, 3.05) is 0 Å². The summed E-state index contributed by atoms with van der Waals surface area (Å²) in [6.07, 6.45) is 0. The molecule has 5 N–H and O–H groups in total. The van der Waals surface area contributed by atoms with Crippen LogP contribution in [0.3, 0.4) is 0 Å². The van der Waals surface area contributed by atoms with Crippen LogP contribution in [-0.4, -0.2) is 5.48 Å². The fraction of sp³-hybridized carbons (Fsp3) is 0. The Hall–Kier alpha value is -0.680. The summed E-state index contributed by atoms with van der Waals surface area (Å²) in [5.41, 5.74) is 0. The van der Waals surface area contributed by atoms with Crippen molar-refractivity contribution in [2.45, 2.75) is 0 Å². The third kappa shape index (κ3) is 12.5. The van der Waals surface area contributed by atoms with Gasteiger partial charge in [-0.2, -0.15) is 0 Å². The zero-order valence-corrected chi connectivity index (χ0v) is 2.43. The second-order valence-electron chi connectivity index (χ2n) is 0.0680. The third-order valence-electron chi connectivity index (χ3n) is 0. The van der Waals surface area contributed by atoms with Crippen LogP contribution in [0.4, 0.5) is 0 Å². The Morgan fingerprint density at radius 2 is 1.60 bits per heavy atom. The van der Waals surface area contributed by atoms with Crippen LogP contribution < -0.4 is 11.4 Å². The van der Waals surface area contributed by atoms with Gasteiger partial charge >= 0.3 is 0 Å². The lowest BCUT2D eigenvalue weighted by Gasteiger charge is -1.19. The first-order valence-electron chi connectivity index (χ1n) is 0.333. The van der Waals surface area contributed by atoms with Gasteiger partial charge in [-0.1, -0.05) is 10.2 Å². The lowest BCUT2D eigenvalue weighted by Crippen LogP contribution is -1.82. The minimum Gasteiger partial charge on any atom is -0.412 e. The van der Waals surface area contributed by atoms with Crippen molar-refractivity contribution in [1.29, 1.82) is 0 Å². The molecule has 0 aromatic rings. The van der Waals surface area contributed by atoms with Gasteiger partial charge in [0.25, 0.3) is 0 Å². The van der Waals surface area contributed by atoms with Crippen LogP contribution in [-0.2, 0) is 0 Å². The maximum absolute atomic E-state index is 7.88. The second-order valence-corrected chi connectivity index (χ2v) is 0.0680. The molecule has 0 aliphatic heterocycles. The zero-order valence-electron chi connectivity index (χ0n) is 2.43. The minimum absolute atomic E-state index is 0. The first kappa shape index (κ1) is 27.3. The molecule has 0 amide bonds. The van der Waals surface area contributed by atoms with Crippen molar-refractivity contribution in [3.8, 4) is 0 Å². The summed E-state index contributed by atoms with van der Waals surface area (Å²) in [4.78, 5) is 7.88. The van der Waals surface area contributed by atoms with Gasteiger partial charge < -0.3 is 11.6 Å². The van der Waals surface area contributed by atoms with Crippen molar-refractivity contribution >= 4 is 0 Å². The molecule has 5 heteroatoms. The van der Waals surface area contributed by atoms with E-state index in [0.29, 0.717) is 0 Å². The van der Waals surface area contributed by atoms with Crippen molar-refractivity contribution in [2.24, 2.45) is 0 Å². The summed E-state index contributed by atoms with van der Waals surface area (Å²) < 4.78 is 1.75. The Morgan fingerprint density at radius 1 is 1.60 bits per heavy atom. The van der Waals surface area contributed by atoms with E-state index in [4.69, 9.17) is 10.2 Å². The SMILES string of the molecule is N.O.O=[O+][O-]. The van der Waals surface area contributed by atoms with Crippen molar-refractivity contribution in [3.05, 3.63) is 9.71 Å². The van der Waals surface area contributed by atoms with Crippen molar-refractivity contribution < 1.29 is 10.7 Å². The monoisotopic (exact) mass is 83.0 g/mol. The molecule has 34 valence electrons. The molecule has 5 heavy (non-hydrogen) atoms. The van der Waals surface area contributed by atoms with E-state index in [9.17, 15) is 0 Å². The van der Waals surface area contributed by atoms with Crippen LogP contribution in [0.2, 0.25) is 0 Å². The molecule has 0 aliphatic rings. The molecule has 0 aromatic carbocycles. The molecule has 0 rings (SSSR count). The number of hydrogen-bond acceptors (Lipinski definition) is 3. The van der Waals surface area contributed by atoms with E-state index in [1.807, 2.05) is 0 Å². The van der Waals surface area contributed by atoms with Gasteiger partial charge in [0.05, 0.1) is 0 Å². The standard InChI is InChI=1S/H3N.O3.H2O/c;1-3-2;/h1H3;;1H2. The van der Waals surface area contributed by atoms with Gasteiger partial charge in [0.15, 0.2) is 4.75 Å². The fourth-order valence-corrected chi connectivity index (χ4v) is 0. The van der Waals surface area contributed by atoms with E-state index >= 15 is 0 Å². The summed E-state index contributed by atoms with van der Waals surface area (Å²) in [6.45, 7) is 0. The van der Waals surface area contributed by atoms with Crippen LogP contribution in [0.25, 0.3) is 0 Å². The lowest BCUT2D eigenvalue weighted by atomic mass is 14.0. The highest BCUT2D eigenvalue weighted by molar-refractivity contribution is 4.20. The van der Waals surface area contributed by atoms with Gasteiger partial charge in [-0.05, 0) is 0 Å². The van der Waals surface area contributed by atoms with E-state index in [-0.39, 0.29) is 11.6 Å². The molecule has 0 radical (unpaired) electrons. The van der Waals surface area contributed by atoms with Gasteiger partial charge in [0.2, 0.25) is 0 Å². The molecule has 0 saturated heterocycles. The minimum atomic E-state index is 0. The van der Waals surface area contributed by atoms with Gasteiger partial charge in [-0.15, -0.1) is 0 Å². The first-order chi connectivity index (χ1) is 1.41. The van der Waals surface area contributed by atoms with E-state index in [1.165, 1.54) is 0 Å². The maximum Gasteiger partial charge on any atom is 0.154 e. The van der Waals surface area contributed by atoms with E-state index < -0.39 is 0 Å². The fourth-order valence-electron chi connectivity index (χ4n) is 0. The van der Waals surface area contributed by atoms with Gasteiger partial charge in [0, 0.05) is 0 Å². The quantitative estimate of drug-likeness (QED) is 0.211. The van der Waals surface area contributed by atoms with Crippen molar-refractivity contribution in [1.82, 2.24) is 6.15 Å². The normalized spacial score (nSPS) is 2.40. The molecule has 0 spiro atoms. The molecular weight excluding hydrogens is 78.0 g/mol. The highest BCUT2D eigenvalue weighted by atomic mass is 17.2. The molecule has 0 saturated carbocycles. The average Bonchev–Trinajstić information content (AvgIpc) is 0.918. The molecule has 0 aliphatic carbocycles. The summed E-state index contributed by atoms with van der Waals surface area (Å²) in [5.74, 6) is 0. The third-order valence-corrected chi connectivity index (χ3v) is 0. The Bertz CT molecular complexity index is 11.1. The predicted molar refractivity (Wildman–Crippen MR) is 15.4 cm³/mol. The molecule has 0 fully saturated rings. The maximum atomic E-state index is 7.88. The van der Waals surface area contributed by atoms with E-state index in [0.717, 1.165) is 0 Å². The van der Waals surface area contributed by atoms with Crippen LogP contribution >= 0.6 is 0 Å². The van der Waals surface area contributed by atoms with Gasteiger partial charge in [-0.3, -0.25) is 0 Å². The van der Waals surface area contributed by atoms with Crippen LogP contribution in [0.5, 0.6) is 0 Å². The molecule has 0 unspecified atom stereocenters. The zero-order chi connectivity index (χ0) is 2.71. The van der Waals surface area contributed by atoms with E-state index in [2.05, 4.69) is 0 Å². The summed E-state index contributed by atoms with van der Waals surface area (Å²) in [6, 6.07) is 0. The first-order valence-corrected chi connectivity index (χ1v) is 0.333. The highest BCUT2D eigenvalue weighted by Crippen LogP contribution is 1.00. The van der Waals surface area contributed by atoms with Crippen LogP contribution in [0.15, 0.2) is 0 Å². The number of rotatable bonds is 0. The molecule has 0 heterocycles. The molecule has 5 nitrogen and oxygen atoms in total. The molecule has 0 atom stereocenters. The Labute approximate surface area is 28.0 Å². The summed E-state index contributed by atoms with van der Waals surface area (Å²) >= 11 is 0. The molecule has 0 bridgehead atoms. The Balaban J connectivity index is -0.0000000200. The second kappa shape index (κ2) is 175. The van der Waals surface area contributed by atoms with Gasteiger partial charge in [0.1, 0.15) is 0 Å². The average molecular weight is 83.0 g/mol. The van der Waals surface area contributed by atoms with Crippen molar-refractivity contribution in [3.63, 3.8) is 0 Å². The lowest BCUT2D eigenvalue weighted by molar-refractivity contribution is -0.284. The van der Waals surface area contributed by atoms with Crippen LogP contribution in [0, 0.1) is 9.71 Å². The Morgan fingerprint density at radius 3 is 1.60 bits per heavy atom. The molecule has 0 aromatic heterocycles. The Kier molecular flexibility index (Phi) is 954. The largest absolute Gasteiger partial charge is 0.412 e. The topological polar surface area (TPSA) is 118 Å². The predicted octanol–water partition coefficient (Wildman–Crippen LogP) is -1.78. The van der Waals surface area contributed by atoms with E-state index in [1.54, 1.807) is 4.75 Å². The summed E-state index contributed by atoms with van der Waals surface area (Å²) in [5, 5.41) is 7.88. The molecular formula is H5NO4.